The summed E-state index contributed by atoms with van der Waals surface area (Å²) in [5.74, 6) is 0. The van der Waals surface area contributed by atoms with Gasteiger partial charge in [-0.1, -0.05) is 333 Å². The number of rotatable bonds is 68. The smallest absolute Gasteiger partial charge is 0.0739 e. The zero-order valence-electron chi connectivity index (χ0n) is 55.6. The molecule has 0 bridgehead atoms. The second-order valence-corrected chi connectivity index (χ2v) is 26.0. The lowest BCUT2D eigenvalue weighted by atomic mass is 9.63. The fourth-order valence-electron chi connectivity index (χ4n) is 12.7. The van der Waals surface area contributed by atoms with Gasteiger partial charge in [-0.2, -0.15) is 0 Å². The van der Waals surface area contributed by atoms with Gasteiger partial charge >= 0.3 is 0 Å². The van der Waals surface area contributed by atoms with Crippen molar-refractivity contribution in [1.29, 1.82) is 0 Å². The molecule has 0 radical (unpaired) electrons. The maximum absolute atomic E-state index is 12.5. The Labute approximate surface area is 509 Å². The number of hydrogen-bond donors (Lipinski definition) is 4. The summed E-state index contributed by atoms with van der Waals surface area (Å²) in [7, 11) is 0. The summed E-state index contributed by atoms with van der Waals surface area (Å²) in [6, 6.07) is 0. The van der Waals surface area contributed by atoms with Gasteiger partial charge < -0.3 is 20.4 Å². The fraction of sp³-hybridized carbons (Fsp3) is 0.896. The summed E-state index contributed by atoms with van der Waals surface area (Å²) >= 11 is 0. The Morgan fingerprint density at radius 2 is 0.309 bits per heavy atom. The van der Waals surface area contributed by atoms with E-state index in [2.05, 4.69) is 76.3 Å². The fourth-order valence-corrected chi connectivity index (χ4v) is 12.7. The van der Waals surface area contributed by atoms with Crippen LogP contribution < -0.4 is 0 Å². The molecule has 4 unspecified atom stereocenters. The van der Waals surface area contributed by atoms with Crippen LogP contribution in [0.4, 0.5) is 0 Å². The molecule has 0 rings (SSSR count). The van der Waals surface area contributed by atoms with Gasteiger partial charge in [0.15, 0.2) is 0 Å². The van der Waals surface area contributed by atoms with Gasteiger partial charge in [-0.05, 0) is 128 Å². The van der Waals surface area contributed by atoms with Gasteiger partial charge in [0, 0.05) is 0 Å². The standard InChI is InChI=1S/C77H148O4/c1-5-9-13-17-21-25-29-33-37-41-45-49-53-57-61-65-69-73(78)77(74(79)70-66-62-58-54-50-46-42-38-34-30-26-22-18-14-10-6-2,75(80)71-67-63-59-55-51-47-43-39-35-31-27-23-19-15-11-7-3)76(81)72-68-64-60-56-52-48-44-40-36-32-28-24-20-16-12-8-4/h33-40,73-76,78-81H,5-32,41-72H2,1-4H3/b37-33-,38-34-,39-35-,40-36-. The molecule has 4 heteroatoms. The highest BCUT2D eigenvalue weighted by atomic mass is 16.3. The largest absolute Gasteiger partial charge is 0.392 e. The molecule has 0 saturated heterocycles. The molecule has 0 aliphatic rings. The third kappa shape index (κ3) is 51.7. The molecule has 0 aromatic rings. The van der Waals surface area contributed by atoms with Gasteiger partial charge in [0.25, 0.3) is 0 Å². The summed E-state index contributed by atoms with van der Waals surface area (Å²) in [6.45, 7) is 9.14. The maximum atomic E-state index is 12.5. The summed E-state index contributed by atoms with van der Waals surface area (Å²) in [6.07, 6.45) is 86.8. The van der Waals surface area contributed by atoms with Gasteiger partial charge in [0.05, 0.1) is 29.8 Å². The lowest BCUT2D eigenvalue weighted by molar-refractivity contribution is -0.201. The Kier molecular flexibility index (Phi) is 65.3. The molecule has 0 fully saturated rings. The molecule has 0 heterocycles. The van der Waals surface area contributed by atoms with E-state index in [0.29, 0.717) is 25.7 Å². The van der Waals surface area contributed by atoms with E-state index < -0.39 is 29.8 Å². The van der Waals surface area contributed by atoms with Crippen LogP contribution in [0.25, 0.3) is 0 Å². The topological polar surface area (TPSA) is 80.9 Å². The minimum Gasteiger partial charge on any atom is -0.392 e. The number of allylic oxidation sites excluding steroid dienone is 8. The predicted molar refractivity (Wildman–Crippen MR) is 363 cm³/mol. The molecule has 81 heavy (non-hydrogen) atoms. The molecule has 4 nitrogen and oxygen atoms in total. The Morgan fingerprint density at radius 1 is 0.185 bits per heavy atom. The molecule has 0 aliphatic carbocycles. The van der Waals surface area contributed by atoms with Crippen LogP contribution in [-0.4, -0.2) is 44.8 Å². The Morgan fingerprint density at radius 3 is 0.457 bits per heavy atom. The van der Waals surface area contributed by atoms with E-state index in [-0.39, 0.29) is 0 Å². The van der Waals surface area contributed by atoms with Crippen molar-refractivity contribution >= 4 is 0 Å². The van der Waals surface area contributed by atoms with Crippen molar-refractivity contribution in [3.8, 4) is 0 Å². The molecular formula is C77H148O4. The van der Waals surface area contributed by atoms with E-state index in [1.54, 1.807) is 0 Å². The molecular weight excluding hydrogens is 989 g/mol. The first-order valence-electron chi connectivity index (χ1n) is 37.2. The van der Waals surface area contributed by atoms with E-state index in [1.165, 1.54) is 283 Å². The van der Waals surface area contributed by atoms with Crippen molar-refractivity contribution in [3.63, 3.8) is 0 Å². The quantitative estimate of drug-likeness (QED) is 0.0361. The third-order valence-corrected chi connectivity index (χ3v) is 18.3. The Bertz CT molecular complexity index is 1100. The van der Waals surface area contributed by atoms with Crippen molar-refractivity contribution in [3.05, 3.63) is 48.6 Å². The summed E-state index contributed by atoms with van der Waals surface area (Å²) in [5, 5.41) is 49.9. The number of unbranched alkanes of at least 4 members (excludes halogenated alkanes) is 48. The lowest BCUT2D eigenvalue weighted by Gasteiger charge is -2.49. The van der Waals surface area contributed by atoms with Gasteiger partial charge in [-0.15, -0.1) is 0 Å². The monoisotopic (exact) mass is 1140 g/mol. The molecule has 480 valence electrons. The van der Waals surface area contributed by atoms with E-state index in [9.17, 15) is 20.4 Å². The van der Waals surface area contributed by atoms with Gasteiger partial charge in [0.1, 0.15) is 0 Å². The van der Waals surface area contributed by atoms with Gasteiger partial charge in [-0.25, -0.2) is 0 Å². The molecule has 0 amide bonds. The van der Waals surface area contributed by atoms with E-state index in [1.807, 2.05) is 0 Å². The van der Waals surface area contributed by atoms with E-state index >= 15 is 0 Å². The minimum atomic E-state index is -1.33. The van der Waals surface area contributed by atoms with Crippen molar-refractivity contribution in [2.24, 2.45) is 5.41 Å². The van der Waals surface area contributed by atoms with Crippen LogP contribution >= 0.6 is 0 Å². The second-order valence-electron chi connectivity index (χ2n) is 26.0. The average Bonchev–Trinajstić information content (AvgIpc) is 3.47. The van der Waals surface area contributed by atoms with Crippen molar-refractivity contribution in [2.75, 3.05) is 0 Å². The number of hydrogen-bond acceptors (Lipinski definition) is 4. The highest BCUT2D eigenvalue weighted by Crippen LogP contribution is 2.43. The normalized spacial score (nSPS) is 14.6. The van der Waals surface area contributed by atoms with Gasteiger partial charge in [0.2, 0.25) is 0 Å². The molecule has 0 aromatic heterocycles. The first-order valence-corrected chi connectivity index (χ1v) is 37.2. The van der Waals surface area contributed by atoms with E-state index in [4.69, 9.17) is 0 Å². The third-order valence-electron chi connectivity index (χ3n) is 18.3. The summed E-state index contributed by atoms with van der Waals surface area (Å²) < 4.78 is 0. The second kappa shape index (κ2) is 66.3. The Hall–Kier alpha value is -1.20. The van der Waals surface area contributed by atoms with E-state index in [0.717, 1.165) is 77.0 Å². The molecule has 4 N–H and O–H groups in total. The lowest BCUT2D eigenvalue weighted by Crippen LogP contribution is -2.60. The van der Waals surface area contributed by atoms with Crippen LogP contribution in [0, 0.1) is 5.41 Å². The maximum Gasteiger partial charge on any atom is 0.0739 e. The van der Waals surface area contributed by atoms with Crippen LogP contribution in [0.1, 0.15) is 413 Å². The van der Waals surface area contributed by atoms with Crippen LogP contribution in [0.3, 0.4) is 0 Å². The van der Waals surface area contributed by atoms with Crippen molar-refractivity contribution in [1.82, 2.24) is 0 Å². The number of aliphatic hydroxyl groups excluding tert-OH is 4. The van der Waals surface area contributed by atoms with Crippen LogP contribution in [0.5, 0.6) is 0 Å². The first-order chi connectivity index (χ1) is 39.9. The van der Waals surface area contributed by atoms with Crippen LogP contribution in [-0.2, 0) is 0 Å². The summed E-state index contributed by atoms with van der Waals surface area (Å²) in [4.78, 5) is 0. The minimum absolute atomic E-state index is 0.528. The zero-order valence-corrected chi connectivity index (χ0v) is 55.6. The first kappa shape index (κ1) is 79.8. The molecule has 0 aliphatic heterocycles. The SMILES string of the molecule is CCCCCCCC/C=C\CCCCCCCCC(O)C(C(O)CCCCCCCC/C=C\CCCCCCCC)(C(O)CCCCCCCC/C=C\CCCCCCCC)C(O)CCCCCCCC/C=C\CCCCCCCC. The zero-order chi connectivity index (χ0) is 58.9. The summed E-state index contributed by atoms with van der Waals surface area (Å²) in [5.41, 5.74) is -1.33. The molecule has 0 aromatic carbocycles. The van der Waals surface area contributed by atoms with Crippen molar-refractivity contribution < 1.29 is 20.4 Å². The van der Waals surface area contributed by atoms with Crippen molar-refractivity contribution in [2.45, 2.75) is 437 Å². The van der Waals surface area contributed by atoms with Crippen LogP contribution in [0.15, 0.2) is 48.6 Å². The average molecular weight is 1140 g/mol. The molecule has 0 saturated carbocycles. The highest BCUT2D eigenvalue weighted by Gasteiger charge is 2.54. The Balaban J connectivity index is 5.58. The molecule has 0 spiro atoms. The highest BCUT2D eigenvalue weighted by molar-refractivity contribution is 5.03. The number of aliphatic hydroxyl groups is 4. The predicted octanol–water partition coefficient (Wildman–Crippen LogP) is 25.1. The van der Waals surface area contributed by atoms with Gasteiger partial charge in [-0.3, -0.25) is 0 Å². The van der Waals surface area contributed by atoms with Crippen LogP contribution in [0.2, 0.25) is 0 Å². The molecule has 4 atom stereocenters.